The number of carbonyl (C=O) groups excluding carboxylic acids is 1. The molecule has 2 aromatic heterocycles. The Morgan fingerprint density at radius 3 is 2.57 bits per heavy atom. The fraction of sp³-hybridized carbons (Fsp3) is 0.371. The smallest absolute Gasteiger partial charge is 0.255 e. The minimum absolute atomic E-state index is 0.0266. The van der Waals surface area contributed by atoms with E-state index in [1.54, 1.807) is 18.7 Å². The quantitative estimate of drug-likeness (QED) is 0.259. The number of hydrogen-bond acceptors (Lipinski definition) is 6. The molecule has 1 amide bonds. The third kappa shape index (κ3) is 7.46. The zero-order valence-corrected chi connectivity index (χ0v) is 25.2. The van der Waals surface area contributed by atoms with Crippen LogP contribution in [0.5, 0.6) is 0 Å². The van der Waals surface area contributed by atoms with E-state index >= 15 is 0 Å². The molecule has 7 heteroatoms. The van der Waals surface area contributed by atoms with E-state index in [0.29, 0.717) is 12.0 Å². The van der Waals surface area contributed by atoms with Crippen LogP contribution in [-0.4, -0.2) is 58.6 Å². The Hall–Kier alpha value is -3.94. The Morgan fingerprint density at radius 2 is 1.81 bits per heavy atom. The van der Waals surface area contributed by atoms with Gasteiger partial charge in [0, 0.05) is 48.7 Å². The third-order valence-corrected chi connectivity index (χ3v) is 7.91. The lowest BCUT2D eigenvalue weighted by Crippen LogP contribution is -2.37. The highest BCUT2D eigenvalue weighted by Crippen LogP contribution is 2.30. The van der Waals surface area contributed by atoms with Gasteiger partial charge in [-0.1, -0.05) is 32.9 Å². The lowest BCUT2D eigenvalue weighted by molar-refractivity contribution is 0.0374. The Bertz CT molecular complexity index is 1510. The topological polar surface area (TPSA) is 80.2 Å². The van der Waals surface area contributed by atoms with Gasteiger partial charge < -0.3 is 10.1 Å². The number of nitrogens with one attached hydrogen (secondary N) is 1. The largest absolute Gasteiger partial charge is 0.379 e. The third-order valence-electron chi connectivity index (χ3n) is 7.91. The van der Waals surface area contributed by atoms with Gasteiger partial charge in [0.05, 0.1) is 24.6 Å². The van der Waals surface area contributed by atoms with Crippen LogP contribution in [-0.2, 0) is 23.0 Å². The summed E-state index contributed by atoms with van der Waals surface area (Å²) < 4.78 is 5.49. The molecule has 4 aromatic rings. The second-order valence-corrected chi connectivity index (χ2v) is 12.0. The van der Waals surface area contributed by atoms with Gasteiger partial charge in [0.2, 0.25) is 0 Å². The van der Waals surface area contributed by atoms with Crippen LogP contribution in [0.1, 0.15) is 65.5 Å². The number of anilines is 1. The Morgan fingerprint density at radius 1 is 0.976 bits per heavy atom. The summed E-state index contributed by atoms with van der Waals surface area (Å²) >= 11 is 0. The Balaban J connectivity index is 1.32. The Labute approximate surface area is 249 Å². The first-order chi connectivity index (χ1) is 20.3. The summed E-state index contributed by atoms with van der Waals surface area (Å²) in [4.78, 5) is 29.1. The van der Waals surface area contributed by atoms with Gasteiger partial charge in [0.25, 0.3) is 5.91 Å². The van der Waals surface area contributed by atoms with Crippen molar-refractivity contribution in [3.63, 3.8) is 0 Å². The van der Waals surface area contributed by atoms with Gasteiger partial charge in [-0.2, -0.15) is 0 Å². The van der Waals surface area contributed by atoms with Crippen molar-refractivity contribution in [1.29, 1.82) is 0 Å². The number of pyridine rings is 1. The second kappa shape index (κ2) is 13.4. The maximum atomic E-state index is 13.5. The van der Waals surface area contributed by atoms with Crippen LogP contribution < -0.4 is 5.32 Å². The Kier molecular flexibility index (Phi) is 9.40. The molecule has 0 spiro atoms. The summed E-state index contributed by atoms with van der Waals surface area (Å²) in [6.45, 7) is 13.5. The van der Waals surface area contributed by atoms with Crippen molar-refractivity contribution in [1.82, 2.24) is 19.9 Å². The van der Waals surface area contributed by atoms with Gasteiger partial charge in [-0.25, -0.2) is 9.97 Å². The average Bonchev–Trinajstić information content (AvgIpc) is 2.99. The molecule has 1 N–H and O–H groups in total. The molecule has 3 heterocycles. The highest BCUT2D eigenvalue weighted by Gasteiger charge is 2.20. The summed E-state index contributed by atoms with van der Waals surface area (Å²) in [5, 5.41) is 3.17. The van der Waals surface area contributed by atoms with E-state index in [4.69, 9.17) is 4.74 Å². The van der Waals surface area contributed by atoms with E-state index in [0.717, 1.165) is 79.5 Å². The lowest BCUT2D eigenvalue weighted by atomic mass is 9.82. The van der Waals surface area contributed by atoms with Crippen molar-refractivity contribution >= 4 is 11.6 Å². The van der Waals surface area contributed by atoms with Crippen LogP contribution in [0.4, 0.5) is 5.69 Å². The van der Waals surface area contributed by atoms with Crippen molar-refractivity contribution in [3.05, 3.63) is 107 Å². The number of nitrogens with zero attached hydrogens (tertiary/aromatic N) is 4. The van der Waals surface area contributed by atoms with Gasteiger partial charge in [0.15, 0.2) is 0 Å². The SMILES string of the molecule is Cc1ccc(C(=O)Nc2ccc(C(C)(C)C)c(CCCN3CCOCC3)c2)cc1Cc1ncccc1-c1ccncn1. The van der Waals surface area contributed by atoms with Crippen molar-refractivity contribution in [2.75, 3.05) is 38.2 Å². The molecule has 7 nitrogen and oxygen atoms in total. The summed E-state index contributed by atoms with van der Waals surface area (Å²) in [5.41, 5.74) is 8.99. The van der Waals surface area contributed by atoms with Crippen LogP contribution in [0.3, 0.4) is 0 Å². The van der Waals surface area contributed by atoms with Crippen LogP contribution >= 0.6 is 0 Å². The molecule has 5 rings (SSSR count). The molecule has 1 fully saturated rings. The molecular formula is C35H41N5O2. The second-order valence-electron chi connectivity index (χ2n) is 12.0. The van der Waals surface area contributed by atoms with E-state index < -0.39 is 0 Å². The first-order valence-corrected chi connectivity index (χ1v) is 14.8. The number of amides is 1. The normalized spacial score (nSPS) is 14.1. The predicted molar refractivity (Wildman–Crippen MR) is 168 cm³/mol. The minimum Gasteiger partial charge on any atom is -0.379 e. The maximum absolute atomic E-state index is 13.5. The van der Waals surface area contributed by atoms with E-state index in [-0.39, 0.29) is 11.3 Å². The molecule has 42 heavy (non-hydrogen) atoms. The standard InChI is InChI=1S/C35H41N5O2/c1-25-9-10-27(21-28(25)23-33-30(8-5-14-37-33)32-13-15-36-24-38-32)34(41)39-29-11-12-31(35(2,3)4)26(22-29)7-6-16-40-17-19-42-20-18-40/h5,8-15,21-22,24H,6-7,16-20,23H2,1-4H3,(H,39,41). The van der Waals surface area contributed by atoms with Crippen molar-refractivity contribution < 1.29 is 9.53 Å². The van der Waals surface area contributed by atoms with Crippen molar-refractivity contribution in [2.24, 2.45) is 0 Å². The molecule has 0 bridgehead atoms. The van der Waals surface area contributed by atoms with Gasteiger partial charge >= 0.3 is 0 Å². The number of benzene rings is 2. The van der Waals surface area contributed by atoms with E-state index in [2.05, 4.69) is 65.0 Å². The molecule has 1 saturated heterocycles. The number of hydrogen-bond donors (Lipinski definition) is 1. The van der Waals surface area contributed by atoms with Gasteiger partial charge in [-0.3, -0.25) is 14.7 Å². The van der Waals surface area contributed by atoms with Gasteiger partial charge in [-0.15, -0.1) is 0 Å². The number of aromatic nitrogens is 3. The van der Waals surface area contributed by atoms with Crippen molar-refractivity contribution in [2.45, 2.75) is 52.4 Å². The van der Waals surface area contributed by atoms with Gasteiger partial charge in [-0.05, 0) is 96.4 Å². The predicted octanol–water partition coefficient (Wildman–Crippen LogP) is 6.25. The highest BCUT2D eigenvalue weighted by atomic mass is 16.5. The summed E-state index contributed by atoms with van der Waals surface area (Å²) in [6.07, 6.45) is 7.73. The van der Waals surface area contributed by atoms with Crippen LogP contribution in [0, 0.1) is 6.92 Å². The first kappa shape index (κ1) is 29.5. The van der Waals surface area contributed by atoms with E-state index in [9.17, 15) is 4.79 Å². The summed E-state index contributed by atoms with van der Waals surface area (Å²) in [5.74, 6) is -0.115. The van der Waals surface area contributed by atoms with Crippen LogP contribution in [0.2, 0.25) is 0 Å². The highest BCUT2D eigenvalue weighted by molar-refractivity contribution is 6.04. The summed E-state index contributed by atoms with van der Waals surface area (Å²) in [7, 11) is 0. The van der Waals surface area contributed by atoms with E-state index in [1.165, 1.54) is 11.1 Å². The average molecular weight is 564 g/mol. The zero-order valence-electron chi connectivity index (χ0n) is 25.2. The van der Waals surface area contributed by atoms with Crippen LogP contribution in [0.25, 0.3) is 11.3 Å². The number of carbonyl (C=O) groups is 1. The monoisotopic (exact) mass is 563 g/mol. The zero-order chi connectivity index (χ0) is 29.5. The molecule has 0 atom stereocenters. The molecule has 0 saturated carbocycles. The molecular weight excluding hydrogens is 522 g/mol. The molecule has 1 aliphatic rings. The van der Waals surface area contributed by atoms with E-state index in [1.807, 2.05) is 42.5 Å². The fourth-order valence-electron chi connectivity index (χ4n) is 5.58. The maximum Gasteiger partial charge on any atom is 0.255 e. The lowest BCUT2D eigenvalue weighted by Gasteiger charge is -2.27. The first-order valence-electron chi connectivity index (χ1n) is 14.8. The van der Waals surface area contributed by atoms with Crippen LogP contribution in [0.15, 0.2) is 73.3 Å². The molecule has 0 unspecified atom stereocenters. The molecule has 1 aliphatic heterocycles. The molecule has 0 radical (unpaired) electrons. The fourth-order valence-corrected chi connectivity index (χ4v) is 5.58. The molecule has 0 aliphatic carbocycles. The number of morpholine rings is 1. The van der Waals surface area contributed by atoms with Crippen molar-refractivity contribution in [3.8, 4) is 11.3 Å². The number of rotatable bonds is 9. The minimum atomic E-state index is -0.115. The molecule has 2 aromatic carbocycles. The summed E-state index contributed by atoms with van der Waals surface area (Å²) in [6, 6.07) is 18.1. The molecule has 218 valence electrons. The van der Waals surface area contributed by atoms with Gasteiger partial charge in [0.1, 0.15) is 6.33 Å². The number of aryl methyl sites for hydroxylation is 2. The number of ether oxygens (including phenoxy) is 1.